The van der Waals surface area contributed by atoms with Crippen LogP contribution in [0.5, 0.6) is 11.5 Å². The SMILES string of the molecule is COC(=O)c1sc(N2C(=O)c3oc4cc(C)c(C)cc4c(=O)c3C2c2ccc(OCc3ccccc3)c(OC)c2)nc1C. The van der Waals surface area contributed by atoms with Crippen molar-refractivity contribution >= 4 is 39.3 Å². The summed E-state index contributed by atoms with van der Waals surface area (Å²) in [4.78, 5) is 46.8. The van der Waals surface area contributed by atoms with Crippen LogP contribution in [0.1, 0.15) is 59.8 Å². The van der Waals surface area contributed by atoms with Crippen molar-refractivity contribution in [3.8, 4) is 11.5 Å². The van der Waals surface area contributed by atoms with Crippen molar-refractivity contribution in [3.05, 3.63) is 115 Å². The summed E-state index contributed by atoms with van der Waals surface area (Å²) in [6, 6.07) is 17.7. The molecule has 0 N–H and O–H groups in total. The van der Waals surface area contributed by atoms with E-state index in [1.807, 2.05) is 44.2 Å². The Morgan fingerprint density at radius 1 is 0.977 bits per heavy atom. The fourth-order valence-corrected chi connectivity index (χ4v) is 6.23. The molecular formula is C33H28N2O7S. The van der Waals surface area contributed by atoms with Crippen LogP contribution in [0.4, 0.5) is 5.13 Å². The second-order valence-corrected chi connectivity index (χ2v) is 11.2. The molecule has 1 atom stereocenters. The van der Waals surface area contributed by atoms with Crippen molar-refractivity contribution in [3.63, 3.8) is 0 Å². The summed E-state index contributed by atoms with van der Waals surface area (Å²) in [7, 11) is 2.81. The van der Waals surface area contributed by atoms with Crippen molar-refractivity contribution in [1.82, 2.24) is 4.98 Å². The van der Waals surface area contributed by atoms with E-state index in [9.17, 15) is 14.4 Å². The third kappa shape index (κ3) is 4.83. The maximum atomic E-state index is 14.1. The molecule has 0 spiro atoms. The Hall–Kier alpha value is -4.96. The Labute approximate surface area is 251 Å². The zero-order chi connectivity index (χ0) is 30.4. The second-order valence-electron chi connectivity index (χ2n) is 10.3. The minimum absolute atomic E-state index is 0.0680. The van der Waals surface area contributed by atoms with Crippen LogP contribution in [0.25, 0.3) is 11.0 Å². The number of hydrogen-bond donors (Lipinski definition) is 0. The number of benzene rings is 3. The predicted molar refractivity (Wildman–Crippen MR) is 163 cm³/mol. The summed E-state index contributed by atoms with van der Waals surface area (Å²) < 4.78 is 22.8. The maximum Gasteiger partial charge on any atom is 0.350 e. The number of esters is 1. The maximum absolute atomic E-state index is 14.1. The van der Waals surface area contributed by atoms with Gasteiger partial charge >= 0.3 is 5.97 Å². The van der Waals surface area contributed by atoms with Crippen LogP contribution in [0.3, 0.4) is 0 Å². The Kier molecular flexibility index (Phi) is 7.23. The van der Waals surface area contributed by atoms with Crippen LogP contribution in [-0.4, -0.2) is 31.1 Å². The number of anilines is 1. The van der Waals surface area contributed by atoms with Gasteiger partial charge in [-0.3, -0.25) is 14.5 Å². The van der Waals surface area contributed by atoms with Crippen LogP contribution in [-0.2, 0) is 11.3 Å². The highest BCUT2D eigenvalue weighted by Gasteiger charge is 2.45. The molecule has 0 saturated carbocycles. The molecule has 0 saturated heterocycles. The average Bonchev–Trinajstić information content (AvgIpc) is 3.54. The van der Waals surface area contributed by atoms with Gasteiger partial charge in [-0.2, -0.15) is 0 Å². The van der Waals surface area contributed by atoms with Gasteiger partial charge < -0.3 is 18.6 Å². The predicted octanol–water partition coefficient (Wildman–Crippen LogP) is 6.30. The Bertz CT molecular complexity index is 1960. The van der Waals surface area contributed by atoms with Gasteiger partial charge in [-0.05, 0) is 67.3 Å². The minimum Gasteiger partial charge on any atom is -0.493 e. The first kappa shape index (κ1) is 28.2. The number of amides is 1. The molecule has 43 heavy (non-hydrogen) atoms. The number of carbonyl (C=O) groups is 2. The number of fused-ring (bicyclic) bond motifs is 2. The third-order valence-corrected chi connectivity index (χ3v) is 8.73. The van der Waals surface area contributed by atoms with Gasteiger partial charge in [0.15, 0.2) is 22.1 Å². The zero-order valence-electron chi connectivity index (χ0n) is 24.2. The molecule has 2 aromatic heterocycles. The van der Waals surface area contributed by atoms with Crippen molar-refractivity contribution < 1.29 is 28.2 Å². The molecule has 1 amide bonds. The summed E-state index contributed by atoms with van der Waals surface area (Å²) in [6.07, 6.45) is 0. The van der Waals surface area contributed by atoms with Crippen LogP contribution < -0.4 is 19.8 Å². The summed E-state index contributed by atoms with van der Waals surface area (Å²) in [5.74, 6) is -0.237. The average molecular weight is 597 g/mol. The van der Waals surface area contributed by atoms with Crippen LogP contribution in [0.2, 0.25) is 0 Å². The molecule has 6 rings (SSSR count). The number of hydrogen-bond acceptors (Lipinski definition) is 9. The van der Waals surface area contributed by atoms with Crippen molar-refractivity contribution in [2.45, 2.75) is 33.4 Å². The lowest BCUT2D eigenvalue weighted by Crippen LogP contribution is -2.29. The van der Waals surface area contributed by atoms with Crippen molar-refractivity contribution in [2.24, 2.45) is 0 Å². The Morgan fingerprint density at radius 2 is 1.72 bits per heavy atom. The molecule has 10 heteroatoms. The lowest BCUT2D eigenvalue weighted by molar-refractivity contribution is 0.0605. The van der Waals surface area contributed by atoms with Gasteiger partial charge in [-0.25, -0.2) is 9.78 Å². The lowest BCUT2D eigenvalue weighted by Gasteiger charge is -2.23. The summed E-state index contributed by atoms with van der Waals surface area (Å²) >= 11 is 1.02. The number of nitrogens with zero attached hydrogens (tertiary/aromatic N) is 2. The van der Waals surface area contributed by atoms with Crippen LogP contribution >= 0.6 is 11.3 Å². The van der Waals surface area contributed by atoms with Gasteiger partial charge in [-0.15, -0.1) is 0 Å². The highest BCUT2D eigenvalue weighted by atomic mass is 32.1. The summed E-state index contributed by atoms with van der Waals surface area (Å²) in [5, 5.41) is 0.611. The van der Waals surface area contributed by atoms with Gasteiger partial charge in [-0.1, -0.05) is 47.7 Å². The quantitative estimate of drug-likeness (QED) is 0.202. The zero-order valence-corrected chi connectivity index (χ0v) is 25.0. The van der Waals surface area contributed by atoms with E-state index in [0.29, 0.717) is 40.3 Å². The van der Waals surface area contributed by atoms with E-state index in [0.717, 1.165) is 28.0 Å². The normalized spacial score (nSPS) is 14.2. The van der Waals surface area contributed by atoms with Gasteiger partial charge in [0.2, 0.25) is 5.76 Å². The molecule has 0 bridgehead atoms. The topological polar surface area (TPSA) is 108 Å². The first-order chi connectivity index (χ1) is 20.7. The van der Waals surface area contributed by atoms with E-state index in [1.165, 1.54) is 19.1 Å². The molecule has 1 aliphatic heterocycles. The monoisotopic (exact) mass is 596 g/mol. The van der Waals surface area contributed by atoms with Gasteiger partial charge in [0, 0.05) is 0 Å². The first-order valence-electron chi connectivity index (χ1n) is 13.5. The molecule has 1 unspecified atom stereocenters. The van der Waals surface area contributed by atoms with Crippen LogP contribution in [0.15, 0.2) is 69.9 Å². The molecule has 3 aromatic carbocycles. The van der Waals surface area contributed by atoms with Gasteiger partial charge in [0.05, 0.1) is 36.9 Å². The number of rotatable bonds is 7. The van der Waals surface area contributed by atoms with E-state index >= 15 is 0 Å². The molecule has 0 radical (unpaired) electrons. The Balaban J connectivity index is 1.52. The molecule has 9 nitrogen and oxygen atoms in total. The minimum atomic E-state index is -0.905. The number of thiazole rings is 1. The van der Waals surface area contributed by atoms with E-state index in [4.69, 9.17) is 18.6 Å². The fraction of sp³-hybridized carbons (Fsp3) is 0.212. The van der Waals surface area contributed by atoms with Gasteiger partial charge in [0.25, 0.3) is 5.91 Å². The summed E-state index contributed by atoms with van der Waals surface area (Å²) in [5.41, 5.74) is 4.05. The number of ether oxygens (including phenoxy) is 3. The second kappa shape index (κ2) is 11.0. The van der Waals surface area contributed by atoms with Gasteiger partial charge in [0.1, 0.15) is 17.1 Å². The molecule has 0 aliphatic carbocycles. The Morgan fingerprint density at radius 3 is 2.44 bits per heavy atom. The van der Waals surface area contributed by atoms with Crippen LogP contribution in [0, 0.1) is 20.8 Å². The number of aryl methyl sites for hydroxylation is 3. The largest absolute Gasteiger partial charge is 0.493 e. The standard InChI is InChI=1S/C33H28N2O7S/c1-17-13-22-24(14-18(17)2)42-29-26(28(22)36)27(35(31(29)37)33-34-19(3)30(43-33)32(38)40-5)21-11-12-23(25(15-21)39-4)41-16-20-9-7-6-8-10-20/h6-15,27H,16H2,1-5H3. The molecule has 0 fully saturated rings. The summed E-state index contributed by atoms with van der Waals surface area (Å²) in [6.45, 7) is 5.83. The van der Waals surface area contributed by atoms with E-state index in [1.54, 1.807) is 37.3 Å². The van der Waals surface area contributed by atoms with E-state index in [-0.39, 0.29) is 26.8 Å². The highest BCUT2D eigenvalue weighted by Crippen LogP contribution is 2.45. The fourth-order valence-electron chi connectivity index (χ4n) is 5.22. The highest BCUT2D eigenvalue weighted by molar-refractivity contribution is 7.17. The molecule has 1 aliphatic rings. The molecule has 218 valence electrons. The number of methoxy groups -OCH3 is 2. The number of aromatic nitrogens is 1. The lowest BCUT2D eigenvalue weighted by atomic mass is 9.97. The molecule has 3 heterocycles. The van der Waals surface area contributed by atoms with Crippen molar-refractivity contribution in [1.29, 1.82) is 0 Å². The first-order valence-corrected chi connectivity index (χ1v) is 14.3. The van der Waals surface area contributed by atoms with Crippen molar-refractivity contribution in [2.75, 3.05) is 19.1 Å². The number of carbonyl (C=O) groups excluding carboxylic acids is 2. The van der Waals surface area contributed by atoms with E-state index in [2.05, 4.69) is 4.98 Å². The smallest absolute Gasteiger partial charge is 0.350 e. The molecular weight excluding hydrogens is 568 g/mol. The third-order valence-electron chi connectivity index (χ3n) is 7.59. The van der Waals surface area contributed by atoms with E-state index < -0.39 is 17.9 Å². The molecule has 5 aromatic rings.